The number of hydrogen-bond donors (Lipinski definition) is 1. The number of carbonyl (C=O) groups excluding carboxylic acids is 2. The third-order valence-electron chi connectivity index (χ3n) is 5.78. The van der Waals surface area contributed by atoms with Crippen molar-refractivity contribution in [3.63, 3.8) is 0 Å². The van der Waals surface area contributed by atoms with Crippen LogP contribution < -0.4 is 21.5 Å². The average molecular weight is 468 g/mol. The van der Waals surface area contributed by atoms with Gasteiger partial charge in [-0.15, -0.1) is 11.8 Å². The smallest absolute Gasteiger partial charge is 0.415 e. The Morgan fingerprint density at radius 2 is 1.97 bits per heavy atom. The summed E-state index contributed by atoms with van der Waals surface area (Å²) in [5.74, 6) is 1.06. The van der Waals surface area contributed by atoms with Crippen molar-refractivity contribution in [2.24, 2.45) is 7.05 Å². The largest absolute Gasteiger partial charge is 0.444 e. The summed E-state index contributed by atoms with van der Waals surface area (Å²) < 4.78 is 8.16. The molecule has 1 N–H and O–H groups in total. The number of aromatic nitrogens is 3. The van der Waals surface area contributed by atoms with Gasteiger partial charge >= 0.3 is 11.8 Å². The van der Waals surface area contributed by atoms with Crippen LogP contribution in [0.15, 0.2) is 50.9 Å². The molecule has 0 saturated carbocycles. The molecule has 4 heterocycles. The van der Waals surface area contributed by atoms with Gasteiger partial charge in [-0.05, 0) is 37.1 Å². The number of amides is 2. The number of rotatable bonds is 5. The number of benzene rings is 1. The first-order valence-corrected chi connectivity index (χ1v) is 11.5. The van der Waals surface area contributed by atoms with Crippen molar-refractivity contribution in [2.75, 3.05) is 22.5 Å². The first-order chi connectivity index (χ1) is 15.9. The molecule has 1 aromatic carbocycles. The summed E-state index contributed by atoms with van der Waals surface area (Å²) in [6, 6.07) is 10.6. The summed E-state index contributed by atoms with van der Waals surface area (Å²) in [6.45, 7) is 0.529. The van der Waals surface area contributed by atoms with Crippen LogP contribution in [0.5, 0.6) is 0 Å². The zero-order valence-electron chi connectivity index (χ0n) is 17.8. The summed E-state index contributed by atoms with van der Waals surface area (Å²) in [4.78, 5) is 56.1. The number of aryl methyl sites for hydroxylation is 1. The van der Waals surface area contributed by atoms with Crippen LogP contribution in [0.1, 0.15) is 12.8 Å². The lowest BCUT2D eigenvalue weighted by Crippen LogP contribution is -2.39. The fourth-order valence-electron chi connectivity index (χ4n) is 4.10. The lowest BCUT2D eigenvalue weighted by atomic mass is 10.2. The van der Waals surface area contributed by atoms with E-state index in [1.165, 1.54) is 25.8 Å². The molecular weight excluding hydrogens is 446 g/mol. The Morgan fingerprint density at radius 1 is 1.15 bits per heavy atom. The first-order valence-electron chi connectivity index (χ1n) is 10.5. The Bertz CT molecular complexity index is 1400. The summed E-state index contributed by atoms with van der Waals surface area (Å²) in [5.41, 5.74) is -0.102. The second kappa shape index (κ2) is 8.39. The van der Waals surface area contributed by atoms with E-state index in [0.29, 0.717) is 47.7 Å². The molecule has 0 aliphatic carbocycles. The van der Waals surface area contributed by atoms with Crippen molar-refractivity contribution >= 4 is 46.3 Å². The maximum Gasteiger partial charge on any atom is 0.415 e. The van der Waals surface area contributed by atoms with E-state index in [2.05, 4.69) is 10.3 Å². The molecule has 11 heteroatoms. The summed E-state index contributed by atoms with van der Waals surface area (Å²) in [5, 5.41) is 3.20. The monoisotopic (exact) mass is 467 g/mol. The van der Waals surface area contributed by atoms with E-state index in [1.54, 1.807) is 37.4 Å². The number of pyridine rings is 1. The maximum atomic E-state index is 12.8. The zero-order valence-corrected chi connectivity index (χ0v) is 18.6. The second-order valence-electron chi connectivity index (χ2n) is 7.93. The van der Waals surface area contributed by atoms with E-state index in [9.17, 15) is 19.2 Å². The topological polar surface area (TPSA) is 116 Å². The predicted octanol–water partition coefficient (Wildman–Crippen LogP) is 1.94. The number of carbonyl (C=O) groups is 2. The van der Waals surface area contributed by atoms with Gasteiger partial charge in [0.1, 0.15) is 17.7 Å². The Hall–Kier alpha value is -3.60. The van der Waals surface area contributed by atoms with E-state index >= 15 is 0 Å². The van der Waals surface area contributed by atoms with Crippen LogP contribution in [0.3, 0.4) is 0 Å². The second-order valence-corrected chi connectivity index (χ2v) is 8.94. The molecule has 0 radical (unpaired) electrons. The van der Waals surface area contributed by atoms with Gasteiger partial charge in [0.2, 0.25) is 5.91 Å². The van der Waals surface area contributed by atoms with Gasteiger partial charge in [-0.25, -0.2) is 14.6 Å². The number of fused-ring (bicyclic) bond motifs is 2. The summed E-state index contributed by atoms with van der Waals surface area (Å²) in [7, 11) is 1.64. The van der Waals surface area contributed by atoms with Crippen LogP contribution in [0.2, 0.25) is 0 Å². The van der Waals surface area contributed by atoms with Gasteiger partial charge in [-0.1, -0.05) is 12.1 Å². The minimum absolute atomic E-state index is 0.130. The van der Waals surface area contributed by atoms with Crippen LogP contribution in [0.4, 0.5) is 16.4 Å². The van der Waals surface area contributed by atoms with Crippen LogP contribution in [0, 0.1) is 0 Å². The number of nitrogens with zero attached hydrogens (tertiary/aromatic N) is 4. The molecule has 170 valence electrons. The van der Waals surface area contributed by atoms with Gasteiger partial charge in [-0.2, -0.15) is 0 Å². The van der Waals surface area contributed by atoms with Gasteiger partial charge in [0.15, 0.2) is 0 Å². The lowest BCUT2D eigenvalue weighted by Gasteiger charge is -2.18. The quantitative estimate of drug-likeness (QED) is 0.610. The van der Waals surface area contributed by atoms with Crippen LogP contribution in [-0.4, -0.2) is 44.5 Å². The highest BCUT2D eigenvalue weighted by molar-refractivity contribution is 8.00. The highest BCUT2D eigenvalue weighted by atomic mass is 32.2. The van der Waals surface area contributed by atoms with Gasteiger partial charge in [0.25, 0.3) is 5.56 Å². The molecule has 33 heavy (non-hydrogen) atoms. The minimum atomic E-state index is -0.513. The Balaban J connectivity index is 1.27. The van der Waals surface area contributed by atoms with E-state index in [-0.39, 0.29) is 29.8 Å². The standard InChI is InChI=1S/C22H21N5O5S/c1-25-15-7-3-2-6-14(15)20(29)26(21(25)30)10-4-5-13-11-27(22(31)32-13)17-9-8-16-19(23-17)24-18(28)12-33-16/h2-3,6-9,13H,4-5,10-12H2,1H3,(H,23,24,28). The first kappa shape index (κ1) is 21.3. The Kier molecular flexibility index (Phi) is 5.41. The normalized spacial score (nSPS) is 17.7. The van der Waals surface area contributed by atoms with Crippen LogP contribution >= 0.6 is 11.8 Å². The van der Waals surface area contributed by atoms with Gasteiger partial charge in [-0.3, -0.25) is 23.6 Å². The molecular formula is C22H21N5O5S. The molecule has 1 saturated heterocycles. The molecule has 2 aliphatic rings. The number of para-hydroxylation sites is 1. The Morgan fingerprint density at radius 3 is 2.82 bits per heavy atom. The fraction of sp³-hybridized carbons (Fsp3) is 0.318. The lowest BCUT2D eigenvalue weighted by molar-refractivity contribution is -0.113. The van der Waals surface area contributed by atoms with Crippen molar-refractivity contribution in [2.45, 2.75) is 30.4 Å². The van der Waals surface area contributed by atoms with Crippen LogP contribution in [0.25, 0.3) is 10.9 Å². The SMILES string of the molecule is Cn1c(=O)n(CCCC2CN(c3ccc4c(n3)NC(=O)CS4)C(=O)O2)c(=O)c2ccccc21. The number of nitrogens with one attached hydrogen (secondary N) is 1. The molecule has 2 aromatic heterocycles. The number of cyclic esters (lactones) is 1. The number of thioether (sulfide) groups is 1. The molecule has 0 bridgehead atoms. The third kappa shape index (κ3) is 3.88. The molecule has 1 unspecified atom stereocenters. The van der Waals surface area contributed by atoms with Gasteiger partial charge in [0, 0.05) is 13.6 Å². The highest BCUT2D eigenvalue weighted by Gasteiger charge is 2.33. The van der Waals surface area contributed by atoms with E-state index in [0.717, 1.165) is 4.90 Å². The average Bonchev–Trinajstić information content (AvgIpc) is 3.19. The predicted molar refractivity (Wildman–Crippen MR) is 124 cm³/mol. The van der Waals surface area contributed by atoms with Gasteiger partial charge in [0.05, 0.1) is 28.1 Å². The number of ether oxygens (including phenoxy) is 1. The maximum absolute atomic E-state index is 12.8. The highest BCUT2D eigenvalue weighted by Crippen LogP contribution is 2.32. The zero-order chi connectivity index (χ0) is 23.1. The molecule has 10 nitrogen and oxygen atoms in total. The minimum Gasteiger partial charge on any atom is -0.444 e. The van der Waals surface area contributed by atoms with Crippen molar-refractivity contribution in [1.82, 2.24) is 14.1 Å². The Labute approximate surface area is 192 Å². The summed E-state index contributed by atoms with van der Waals surface area (Å²) >= 11 is 1.40. The summed E-state index contributed by atoms with van der Waals surface area (Å²) in [6.07, 6.45) is 0.0755. The van der Waals surface area contributed by atoms with Crippen molar-refractivity contribution in [1.29, 1.82) is 0 Å². The van der Waals surface area contributed by atoms with Crippen molar-refractivity contribution in [3.8, 4) is 0 Å². The molecule has 3 aromatic rings. The molecule has 1 atom stereocenters. The number of hydrogen-bond acceptors (Lipinski definition) is 7. The van der Waals surface area contributed by atoms with E-state index in [1.807, 2.05) is 6.07 Å². The number of anilines is 2. The third-order valence-corrected chi connectivity index (χ3v) is 6.82. The van der Waals surface area contributed by atoms with E-state index < -0.39 is 6.09 Å². The molecule has 2 aliphatic heterocycles. The van der Waals surface area contributed by atoms with Crippen molar-refractivity contribution in [3.05, 3.63) is 57.2 Å². The fourth-order valence-corrected chi connectivity index (χ4v) is 4.86. The van der Waals surface area contributed by atoms with Crippen molar-refractivity contribution < 1.29 is 14.3 Å². The molecule has 2 amide bonds. The molecule has 1 fully saturated rings. The van der Waals surface area contributed by atoms with Crippen LogP contribution in [-0.2, 0) is 23.1 Å². The molecule has 5 rings (SSSR count). The van der Waals surface area contributed by atoms with E-state index in [4.69, 9.17) is 4.74 Å². The van der Waals surface area contributed by atoms with Gasteiger partial charge < -0.3 is 10.1 Å². The molecule has 0 spiro atoms.